The second-order valence-corrected chi connectivity index (χ2v) is 8.14. The third-order valence-electron chi connectivity index (χ3n) is 4.09. The molecule has 1 fully saturated rings. The molecule has 1 aromatic rings. The van der Waals surface area contributed by atoms with E-state index >= 15 is 0 Å². The van der Waals surface area contributed by atoms with Crippen LogP contribution >= 0.6 is 15.9 Å². The van der Waals surface area contributed by atoms with Crippen molar-refractivity contribution in [3.8, 4) is 0 Å². The van der Waals surface area contributed by atoms with Gasteiger partial charge in [-0.1, -0.05) is 28.4 Å². The van der Waals surface area contributed by atoms with E-state index in [2.05, 4.69) is 51.7 Å². The van der Waals surface area contributed by atoms with Crippen molar-refractivity contribution < 1.29 is 9.53 Å². The molecule has 23 heavy (non-hydrogen) atoms. The summed E-state index contributed by atoms with van der Waals surface area (Å²) in [7, 11) is 0. The Morgan fingerprint density at radius 1 is 1.35 bits per heavy atom. The van der Waals surface area contributed by atoms with Gasteiger partial charge in [0.1, 0.15) is 5.60 Å². The van der Waals surface area contributed by atoms with Crippen LogP contribution in [0.4, 0.5) is 10.5 Å². The highest BCUT2D eigenvalue weighted by atomic mass is 79.9. The van der Waals surface area contributed by atoms with Crippen LogP contribution in [0.15, 0.2) is 22.7 Å². The molecule has 0 aromatic heterocycles. The Kier molecular flexibility index (Phi) is 5.95. The summed E-state index contributed by atoms with van der Waals surface area (Å²) in [5, 5.41) is 6.52. The van der Waals surface area contributed by atoms with E-state index in [0.717, 1.165) is 23.0 Å². The molecule has 1 aliphatic rings. The maximum Gasteiger partial charge on any atom is 0.407 e. The summed E-state index contributed by atoms with van der Waals surface area (Å²) >= 11 is 3.57. The number of hydrogen-bond donors (Lipinski definition) is 2. The molecule has 1 saturated carbocycles. The Morgan fingerprint density at radius 3 is 2.74 bits per heavy atom. The number of hydrogen-bond acceptors (Lipinski definition) is 3. The van der Waals surface area contributed by atoms with Crippen LogP contribution in [0.3, 0.4) is 0 Å². The molecule has 5 heteroatoms. The predicted octanol–water partition coefficient (Wildman–Crippen LogP) is 4.86. The van der Waals surface area contributed by atoms with Gasteiger partial charge in [0.2, 0.25) is 0 Å². The van der Waals surface area contributed by atoms with E-state index in [4.69, 9.17) is 4.74 Å². The number of aryl methyl sites for hydroxylation is 1. The molecule has 1 amide bonds. The van der Waals surface area contributed by atoms with Gasteiger partial charge < -0.3 is 15.4 Å². The zero-order chi connectivity index (χ0) is 17.0. The van der Waals surface area contributed by atoms with Gasteiger partial charge in [0.15, 0.2) is 0 Å². The highest BCUT2D eigenvalue weighted by Crippen LogP contribution is 2.29. The van der Waals surface area contributed by atoms with Crippen LogP contribution in [0, 0.1) is 12.8 Å². The fourth-order valence-corrected chi connectivity index (χ4v) is 3.28. The van der Waals surface area contributed by atoms with Crippen LogP contribution in [0.5, 0.6) is 0 Å². The molecule has 2 atom stereocenters. The smallest absolute Gasteiger partial charge is 0.407 e. The van der Waals surface area contributed by atoms with Crippen molar-refractivity contribution in [1.29, 1.82) is 0 Å². The molecule has 0 aliphatic heterocycles. The van der Waals surface area contributed by atoms with Crippen molar-refractivity contribution in [2.24, 2.45) is 5.92 Å². The summed E-state index contributed by atoms with van der Waals surface area (Å²) < 4.78 is 6.42. The third-order valence-corrected chi connectivity index (χ3v) is 4.94. The molecule has 2 unspecified atom stereocenters. The van der Waals surface area contributed by atoms with E-state index in [1.54, 1.807) is 0 Å². The number of rotatable bonds is 4. The average molecular weight is 383 g/mol. The molecule has 4 nitrogen and oxygen atoms in total. The number of benzene rings is 1. The second kappa shape index (κ2) is 7.56. The first-order chi connectivity index (χ1) is 10.7. The Hall–Kier alpha value is -1.23. The van der Waals surface area contributed by atoms with E-state index in [1.807, 2.05) is 20.8 Å². The highest BCUT2D eigenvalue weighted by molar-refractivity contribution is 9.10. The van der Waals surface area contributed by atoms with E-state index in [-0.39, 0.29) is 6.09 Å². The van der Waals surface area contributed by atoms with Gasteiger partial charge in [-0.2, -0.15) is 0 Å². The number of anilines is 1. The second-order valence-electron chi connectivity index (χ2n) is 7.29. The zero-order valence-corrected chi connectivity index (χ0v) is 16.0. The van der Waals surface area contributed by atoms with Crippen LogP contribution < -0.4 is 10.6 Å². The molecule has 0 bridgehead atoms. The quantitative estimate of drug-likeness (QED) is 0.781. The lowest BCUT2D eigenvalue weighted by Gasteiger charge is -2.24. The van der Waals surface area contributed by atoms with Crippen LogP contribution in [0.25, 0.3) is 0 Å². The van der Waals surface area contributed by atoms with Gasteiger partial charge >= 0.3 is 6.09 Å². The maximum atomic E-state index is 11.8. The van der Waals surface area contributed by atoms with Gasteiger partial charge in [0.05, 0.1) is 0 Å². The largest absolute Gasteiger partial charge is 0.444 e. The minimum absolute atomic E-state index is 0.332. The molecular formula is C18H27BrN2O2. The van der Waals surface area contributed by atoms with Crippen molar-refractivity contribution in [2.75, 3.05) is 11.9 Å². The van der Waals surface area contributed by atoms with Crippen LogP contribution in [0.1, 0.15) is 45.6 Å². The highest BCUT2D eigenvalue weighted by Gasteiger charge is 2.28. The summed E-state index contributed by atoms with van der Waals surface area (Å²) in [6.45, 7) is 8.36. The zero-order valence-electron chi connectivity index (χ0n) is 14.4. The first-order valence-corrected chi connectivity index (χ1v) is 9.03. The Labute approximate surface area is 147 Å². The van der Waals surface area contributed by atoms with E-state index in [9.17, 15) is 4.79 Å². The Balaban J connectivity index is 1.87. The summed E-state index contributed by atoms with van der Waals surface area (Å²) in [5.41, 5.74) is 1.90. The molecule has 2 rings (SSSR count). The summed E-state index contributed by atoms with van der Waals surface area (Å²) in [4.78, 5) is 11.8. The molecule has 1 aromatic carbocycles. The fourth-order valence-electron chi connectivity index (χ4n) is 2.90. The van der Waals surface area contributed by atoms with Gasteiger partial charge in [-0.15, -0.1) is 0 Å². The number of carbonyl (C=O) groups is 1. The molecule has 0 radical (unpaired) electrons. The van der Waals surface area contributed by atoms with E-state index < -0.39 is 5.60 Å². The molecule has 2 N–H and O–H groups in total. The summed E-state index contributed by atoms with van der Waals surface area (Å²) in [6, 6.07) is 6.72. The molecule has 128 valence electrons. The number of alkyl carbamates (subject to hydrolysis) is 1. The molecular weight excluding hydrogens is 356 g/mol. The Morgan fingerprint density at radius 2 is 2.09 bits per heavy atom. The number of amides is 1. The minimum atomic E-state index is -0.453. The lowest BCUT2D eigenvalue weighted by Crippen LogP contribution is -2.38. The van der Waals surface area contributed by atoms with Crippen molar-refractivity contribution in [2.45, 2.75) is 58.6 Å². The van der Waals surface area contributed by atoms with Gasteiger partial charge in [-0.05, 0) is 64.2 Å². The van der Waals surface area contributed by atoms with Crippen LogP contribution in [-0.2, 0) is 4.74 Å². The van der Waals surface area contributed by atoms with Crippen LogP contribution in [0.2, 0.25) is 0 Å². The monoisotopic (exact) mass is 382 g/mol. The SMILES string of the molecule is Cc1ccc(NC2CCCC2CNC(=O)OC(C)(C)C)cc1Br. The third kappa shape index (κ3) is 5.72. The van der Waals surface area contributed by atoms with Crippen molar-refractivity contribution in [3.05, 3.63) is 28.2 Å². The summed E-state index contributed by atoms with van der Waals surface area (Å²) in [6.07, 6.45) is 3.11. The number of nitrogens with one attached hydrogen (secondary N) is 2. The Bertz CT molecular complexity index is 554. The average Bonchev–Trinajstić information content (AvgIpc) is 2.86. The number of halogens is 1. The normalized spacial score (nSPS) is 21.1. The lowest BCUT2D eigenvalue weighted by molar-refractivity contribution is 0.0519. The van der Waals surface area contributed by atoms with Crippen molar-refractivity contribution >= 4 is 27.7 Å². The predicted molar refractivity (Wildman–Crippen MR) is 97.9 cm³/mol. The van der Waals surface area contributed by atoms with Gasteiger partial charge in [0.25, 0.3) is 0 Å². The number of carbonyl (C=O) groups excluding carboxylic acids is 1. The molecule has 0 spiro atoms. The maximum absolute atomic E-state index is 11.8. The molecule has 1 aliphatic carbocycles. The lowest BCUT2D eigenvalue weighted by atomic mass is 10.0. The fraction of sp³-hybridized carbons (Fsp3) is 0.611. The standard InChI is InChI=1S/C18H27BrN2O2/c1-12-8-9-14(10-15(12)19)21-16-7-5-6-13(16)11-20-17(22)23-18(2,3)4/h8-10,13,16,21H,5-7,11H2,1-4H3,(H,20,22). The number of ether oxygens (including phenoxy) is 1. The molecule has 0 heterocycles. The first-order valence-electron chi connectivity index (χ1n) is 8.24. The molecule has 0 saturated heterocycles. The topological polar surface area (TPSA) is 50.4 Å². The first kappa shape index (κ1) is 18.1. The van der Waals surface area contributed by atoms with Crippen LogP contribution in [-0.4, -0.2) is 24.3 Å². The minimum Gasteiger partial charge on any atom is -0.444 e. The van der Waals surface area contributed by atoms with Gasteiger partial charge in [0, 0.05) is 22.7 Å². The van der Waals surface area contributed by atoms with E-state index in [1.165, 1.54) is 12.0 Å². The van der Waals surface area contributed by atoms with Gasteiger partial charge in [-0.25, -0.2) is 4.79 Å². The van der Waals surface area contributed by atoms with E-state index in [0.29, 0.717) is 18.5 Å². The van der Waals surface area contributed by atoms with Crippen molar-refractivity contribution in [3.63, 3.8) is 0 Å². The van der Waals surface area contributed by atoms with Gasteiger partial charge in [-0.3, -0.25) is 0 Å². The summed E-state index contributed by atoms with van der Waals surface area (Å²) in [5.74, 6) is 0.433. The van der Waals surface area contributed by atoms with Crippen molar-refractivity contribution in [1.82, 2.24) is 5.32 Å².